The average molecular weight is 243 g/mol. The first-order valence-electron chi connectivity index (χ1n) is 7.05. The van der Waals surface area contributed by atoms with Crippen molar-refractivity contribution in [2.45, 2.75) is 44.6 Å². The summed E-state index contributed by atoms with van der Waals surface area (Å²) < 4.78 is 0. The van der Waals surface area contributed by atoms with E-state index in [2.05, 4.69) is 5.32 Å². The van der Waals surface area contributed by atoms with Gasteiger partial charge in [-0.1, -0.05) is 23.3 Å². The highest BCUT2D eigenvalue weighted by atomic mass is 16.3. The number of hydrogen-bond acceptors (Lipinski definition) is 2. The number of phenolic OH excluding ortho intramolecular Hbond substituents is 1. The van der Waals surface area contributed by atoms with E-state index >= 15 is 0 Å². The van der Waals surface area contributed by atoms with E-state index in [4.69, 9.17) is 0 Å². The van der Waals surface area contributed by atoms with E-state index in [0.717, 1.165) is 13.0 Å². The molecule has 2 N–H and O–H groups in total. The lowest BCUT2D eigenvalue weighted by Crippen LogP contribution is -2.39. The molecule has 0 bridgehead atoms. The summed E-state index contributed by atoms with van der Waals surface area (Å²) in [5, 5.41) is 13.0. The zero-order valence-corrected chi connectivity index (χ0v) is 10.8. The van der Waals surface area contributed by atoms with Crippen LogP contribution in [0.3, 0.4) is 0 Å². The fourth-order valence-corrected chi connectivity index (χ4v) is 3.28. The van der Waals surface area contributed by atoms with Gasteiger partial charge in [0.2, 0.25) is 0 Å². The van der Waals surface area contributed by atoms with E-state index < -0.39 is 0 Å². The summed E-state index contributed by atoms with van der Waals surface area (Å²) in [5.74, 6) is 0.355. The molecule has 96 valence electrons. The van der Waals surface area contributed by atoms with Crippen molar-refractivity contribution in [3.05, 3.63) is 41.0 Å². The predicted molar refractivity (Wildman–Crippen MR) is 73.7 cm³/mol. The third-order valence-electron chi connectivity index (χ3n) is 4.24. The second-order valence-corrected chi connectivity index (χ2v) is 5.46. The van der Waals surface area contributed by atoms with Crippen molar-refractivity contribution in [2.24, 2.45) is 0 Å². The molecule has 1 aromatic carbocycles. The van der Waals surface area contributed by atoms with Gasteiger partial charge in [-0.25, -0.2) is 0 Å². The molecule has 1 unspecified atom stereocenters. The highest BCUT2D eigenvalue weighted by Crippen LogP contribution is 2.32. The van der Waals surface area contributed by atoms with Crippen molar-refractivity contribution < 1.29 is 5.11 Å². The van der Waals surface area contributed by atoms with Gasteiger partial charge < -0.3 is 10.4 Å². The highest BCUT2D eigenvalue weighted by molar-refractivity contribution is 5.31. The SMILES string of the molecule is Oc1ccc(CC2NCCC3=C2CCCC3)cc1. The van der Waals surface area contributed by atoms with E-state index in [1.807, 2.05) is 12.1 Å². The molecule has 2 nitrogen and oxygen atoms in total. The van der Waals surface area contributed by atoms with Gasteiger partial charge in [-0.3, -0.25) is 0 Å². The molecular weight excluding hydrogens is 222 g/mol. The smallest absolute Gasteiger partial charge is 0.115 e. The Morgan fingerprint density at radius 1 is 1.06 bits per heavy atom. The molecule has 0 saturated carbocycles. The average Bonchev–Trinajstić information content (AvgIpc) is 2.42. The van der Waals surface area contributed by atoms with Crippen LogP contribution in [0.25, 0.3) is 0 Å². The van der Waals surface area contributed by atoms with E-state index in [0.29, 0.717) is 11.8 Å². The van der Waals surface area contributed by atoms with Crippen molar-refractivity contribution in [1.82, 2.24) is 5.32 Å². The lowest BCUT2D eigenvalue weighted by molar-refractivity contribution is 0.470. The largest absolute Gasteiger partial charge is 0.508 e. The van der Waals surface area contributed by atoms with Crippen LogP contribution in [-0.4, -0.2) is 17.7 Å². The van der Waals surface area contributed by atoms with Gasteiger partial charge >= 0.3 is 0 Å². The first-order valence-corrected chi connectivity index (χ1v) is 7.05. The van der Waals surface area contributed by atoms with Crippen molar-refractivity contribution >= 4 is 0 Å². The molecule has 0 radical (unpaired) electrons. The molecule has 18 heavy (non-hydrogen) atoms. The third kappa shape index (κ3) is 2.44. The van der Waals surface area contributed by atoms with Gasteiger partial charge in [0.05, 0.1) is 0 Å². The Hall–Kier alpha value is -1.28. The summed E-state index contributed by atoms with van der Waals surface area (Å²) in [6.45, 7) is 1.13. The van der Waals surface area contributed by atoms with Gasteiger partial charge in [-0.15, -0.1) is 0 Å². The van der Waals surface area contributed by atoms with Crippen molar-refractivity contribution in [2.75, 3.05) is 6.54 Å². The zero-order chi connectivity index (χ0) is 12.4. The maximum absolute atomic E-state index is 9.32. The number of phenols is 1. The van der Waals surface area contributed by atoms with Crippen LogP contribution in [0, 0.1) is 0 Å². The number of benzene rings is 1. The van der Waals surface area contributed by atoms with Crippen LogP contribution in [0.4, 0.5) is 0 Å². The number of aromatic hydroxyl groups is 1. The van der Waals surface area contributed by atoms with Crippen LogP contribution in [0.1, 0.15) is 37.7 Å². The molecule has 1 atom stereocenters. The summed E-state index contributed by atoms with van der Waals surface area (Å²) in [7, 11) is 0. The minimum atomic E-state index is 0.355. The molecule has 0 aromatic heterocycles. The van der Waals surface area contributed by atoms with Crippen molar-refractivity contribution in [3.8, 4) is 5.75 Å². The molecule has 1 aliphatic heterocycles. The fourth-order valence-electron chi connectivity index (χ4n) is 3.28. The Morgan fingerprint density at radius 2 is 1.83 bits per heavy atom. The maximum atomic E-state index is 9.32. The summed E-state index contributed by atoms with van der Waals surface area (Å²) in [5.41, 5.74) is 4.72. The molecule has 1 aliphatic carbocycles. The lowest BCUT2D eigenvalue weighted by Gasteiger charge is -2.33. The van der Waals surface area contributed by atoms with Crippen LogP contribution in [0.15, 0.2) is 35.4 Å². The van der Waals surface area contributed by atoms with Crippen molar-refractivity contribution in [3.63, 3.8) is 0 Å². The second-order valence-electron chi connectivity index (χ2n) is 5.46. The topological polar surface area (TPSA) is 32.3 Å². The van der Waals surface area contributed by atoms with Crippen LogP contribution in [0.5, 0.6) is 5.75 Å². The first-order chi connectivity index (χ1) is 8.83. The fraction of sp³-hybridized carbons (Fsp3) is 0.500. The second kappa shape index (κ2) is 5.15. The number of hydrogen-bond donors (Lipinski definition) is 2. The normalized spacial score (nSPS) is 23.9. The quantitative estimate of drug-likeness (QED) is 0.782. The summed E-state index contributed by atoms with van der Waals surface area (Å²) >= 11 is 0. The van der Waals surface area contributed by atoms with E-state index in [9.17, 15) is 5.11 Å². The molecule has 3 rings (SSSR count). The Morgan fingerprint density at radius 3 is 2.67 bits per heavy atom. The van der Waals surface area contributed by atoms with Gasteiger partial charge in [-0.05, 0) is 62.8 Å². The highest BCUT2D eigenvalue weighted by Gasteiger charge is 2.24. The van der Waals surface area contributed by atoms with Gasteiger partial charge in [0.25, 0.3) is 0 Å². The molecule has 2 aliphatic rings. The molecular formula is C16H21NO. The van der Waals surface area contributed by atoms with Crippen LogP contribution in [-0.2, 0) is 6.42 Å². The molecule has 0 spiro atoms. The number of rotatable bonds is 2. The Bertz CT molecular complexity index is 443. The molecule has 1 aromatic rings. The lowest BCUT2D eigenvalue weighted by atomic mass is 9.81. The van der Waals surface area contributed by atoms with Crippen LogP contribution in [0.2, 0.25) is 0 Å². The van der Waals surface area contributed by atoms with Crippen LogP contribution >= 0.6 is 0 Å². The van der Waals surface area contributed by atoms with Gasteiger partial charge in [0.1, 0.15) is 5.75 Å². The van der Waals surface area contributed by atoms with E-state index in [-0.39, 0.29) is 0 Å². The first kappa shape index (κ1) is 11.8. The maximum Gasteiger partial charge on any atom is 0.115 e. The Labute approximate surface area is 109 Å². The number of nitrogens with one attached hydrogen (secondary N) is 1. The summed E-state index contributed by atoms with van der Waals surface area (Å²) in [6, 6.07) is 8.17. The molecule has 1 heterocycles. The molecule has 2 heteroatoms. The van der Waals surface area contributed by atoms with Gasteiger partial charge in [0.15, 0.2) is 0 Å². The standard InChI is InChI=1S/C16H21NO/c18-14-7-5-12(6-8-14)11-16-15-4-2-1-3-13(15)9-10-17-16/h5-8,16-18H,1-4,9-11H2. The predicted octanol–water partition coefficient (Wildman–Crippen LogP) is 3.17. The van der Waals surface area contributed by atoms with E-state index in [1.54, 1.807) is 23.3 Å². The molecule has 0 amide bonds. The minimum absolute atomic E-state index is 0.355. The Kier molecular flexibility index (Phi) is 3.37. The Balaban J connectivity index is 1.77. The monoisotopic (exact) mass is 243 g/mol. The molecule has 0 fully saturated rings. The summed E-state index contributed by atoms with van der Waals surface area (Å²) in [6.07, 6.45) is 7.64. The summed E-state index contributed by atoms with van der Waals surface area (Å²) in [4.78, 5) is 0. The molecule has 0 saturated heterocycles. The minimum Gasteiger partial charge on any atom is -0.508 e. The van der Waals surface area contributed by atoms with Crippen LogP contribution < -0.4 is 5.32 Å². The van der Waals surface area contributed by atoms with Gasteiger partial charge in [0, 0.05) is 6.04 Å². The van der Waals surface area contributed by atoms with Gasteiger partial charge in [-0.2, -0.15) is 0 Å². The zero-order valence-electron chi connectivity index (χ0n) is 10.8. The van der Waals surface area contributed by atoms with E-state index in [1.165, 1.54) is 37.7 Å². The third-order valence-corrected chi connectivity index (χ3v) is 4.24. The van der Waals surface area contributed by atoms with Crippen molar-refractivity contribution in [1.29, 1.82) is 0 Å².